The highest BCUT2D eigenvalue weighted by Crippen LogP contribution is 2.58. The molecule has 9 nitrogen and oxygen atoms in total. The summed E-state index contributed by atoms with van der Waals surface area (Å²) in [6.45, 7) is 7.75. The SMILES string of the molecule is CC(C)OC1[C@H]2O[C@@H](n3cnc4c(N)ncnc43)[C@@H](O)[C@@]12OC(C)C. The van der Waals surface area contributed by atoms with Gasteiger partial charge in [0, 0.05) is 0 Å². The summed E-state index contributed by atoms with van der Waals surface area (Å²) in [6, 6.07) is 0. The summed E-state index contributed by atoms with van der Waals surface area (Å²) in [5.41, 5.74) is 5.95. The molecule has 25 heavy (non-hydrogen) atoms. The zero-order valence-electron chi connectivity index (χ0n) is 14.7. The maximum Gasteiger partial charge on any atom is 0.167 e. The van der Waals surface area contributed by atoms with Crippen LogP contribution >= 0.6 is 0 Å². The number of aromatic nitrogens is 4. The van der Waals surface area contributed by atoms with E-state index in [1.165, 1.54) is 6.33 Å². The second-order valence-electron chi connectivity index (χ2n) is 7.10. The third kappa shape index (κ3) is 2.34. The van der Waals surface area contributed by atoms with Crippen LogP contribution in [0.1, 0.15) is 33.9 Å². The molecule has 0 spiro atoms. The van der Waals surface area contributed by atoms with Gasteiger partial charge >= 0.3 is 0 Å². The van der Waals surface area contributed by atoms with Gasteiger partial charge < -0.3 is 25.1 Å². The molecule has 1 aliphatic carbocycles. The van der Waals surface area contributed by atoms with E-state index in [9.17, 15) is 5.11 Å². The van der Waals surface area contributed by atoms with Crippen molar-refractivity contribution in [2.75, 3.05) is 5.73 Å². The Balaban J connectivity index is 1.67. The minimum absolute atomic E-state index is 0.0131. The maximum atomic E-state index is 11.0. The van der Waals surface area contributed by atoms with Gasteiger partial charge in [-0.1, -0.05) is 0 Å². The molecule has 0 amide bonds. The second-order valence-corrected chi connectivity index (χ2v) is 7.10. The van der Waals surface area contributed by atoms with Crippen LogP contribution in [0.25, 0.3) is 11.2 Å². The summed E-state index contributed by atoms with van der Waals surface area (Å²) in [5.74, 6) is 0.288. The third-order valence-corrected chi connectivity index (χ3v) is 4.59. The molecule has 2 aliphatic rings. The highest BCUT2D eigenvalue weighted by atomic mass is 16.7. The van der Waals surface area contributed by atoms with Crippen molar-refractivity contribution in [3.63, 3.8) is 0 Å². The van der Waals surface area contributed by atoms with Crippen molar-refractivity contribution in [2.45, 2.75) is 70.0 Å². The summed E-state index contributed by atoms with van der Waals surface area (Å²) in [4.78, 5) is 12.4. The maximum absolute atomic E-state index is 11.0. The van der Waals surface area contributed by atoms with Crippen LogP contribution in [-0.2, 0) is 14.2 Å². The van der Waals surface area contributed by atoms with E-state index in [4.69, 9.17) is 19.9 Å². The Morgan fingerprint density at radius 3 is 2.68 bits per heavy atom. The van der Waals surface area contributed by atoms with Gasteiger partial charge in [0.15, 0.2) is 23.3 Å². The Labute approximate surface area is 145 Å². The average Bonchev–Trinajstić information content (AvgIpc) is 2.84. The van der Waals surface area contributed by atoms with Crippen molar-refractivity contribution in [3.05, 3.63) is 12.7 Å². The molecule has 0 aromatic carbocycles. The standard InChI is InChI=1S/C16H23N5O4/c1-7(2)23-11-12-16(11,25-8(3)4)10(22)15(24-12)21-6-20-9-13(17)18-5-19-14(9)21/h5-8,10-12,15,22H,1-4H3,(H2,17,18,19)/t10-,11?,12-,15-,16-/m1/s1. The van der Waals surface area contributed by atoms with Gasteiger partial charge in [-0.2, -0.15) is 0 Å². The molecule has 1 saturated carbocycles. The number of fused-ring (bicyclic) bond motifs is 2. The van der Waals surface area contributed by atoms with Gasteiger partial charge in [0.2, 0.25) is 0 Å². The molecule has 5 atom stereocenters. The summed E-state index contributed by atoms with van der Waals surface area (Å²) < 4.78 is 19.7. The minimum atomic E-state index is -0.919. The second kappa shape index (κ2) is 5.60. The fraction of sp³-hybridized carbons (Fsp3) is 0.688. The molecule has 2 fully saturated rings. The summed E-state index contributed by atoms with van der Waals surface area (Å²) in [5, 5.41) is 11.0. The molecule has 3 heterocycles. The number of aliphatic hydroxyl groups is 1. The Morgan fingerprint density at radius 1 is 1.24 bits per heavy atom. The van der Waals surface area contributed by atoms with Crippen LogP contribution in [0.5, 0.6) is 0 Å². The van der Waals surface area contributed by atoms with Crippen molar-refractivity contribution in [3.8, 4) is 0 Å². The first kappa shape index (κ1) is 16.6. The molecule has 0 radical (unpaired) electrons. The topological polar surface area (TPSA) is 118 Å². The number of ether oxygens (including phenoxy) is 3. The van der Waals surface area contributed by atoms with E-state index >= 15 is 0 Å². The number of anilines is 1. The number of hydrogen-bond donors (Lipinski definition) is 2. The van der Waals surface area contributed by atoms with Crippen molar-refractivity contribution < 1.29 is 19.3 Å². The van der Waals surface area contributed by atoms with Gasteiger partial charge in [0.1, 0.15) is 30.2 Å². The lowest BCUT2D eigenvalue weighted by Crippen LogP contribution is -2.41. The van der Waals surface area contributed by atoms with Crippen LogP contribution in [0.4, 0.5) is 5.82 Å². The number of aliphatic hydroxyl groups excluding tert-OH is 1. The van der Waals surface area contributed by atoms with Gasteiger partial charge in [0.25, 0.3) is 0 Å². The predicted octanol–water partition coefficient (Wildman–Crippen LogP) is 0.638. The summed E-state index contributed by atoms with van der Waals surface area (Å²) >= 11 is 0. The minimum Gasteiger partial charge on any atom is -0.385 e. The van der Waals surface area contributed by atoms with Crippen LogP contribution in [-0.4, -0.2) is 60.7 Å². The molecule has 1 aliphatic heterocycles. The van der Waals surface area contributed by atoms with E-state index in [0.717, 1.165) is 0 Å². The fourth-order valence-electron chi connectivity index (χ4n) is 3.64. The smallest absolute Gasteiger partial charge is 0.167 e. The molecule has 3 N–H and O–H groups in total. The summed E-state index contributed by atoms with van der Waals surface area (Å²) in [6.07, 6.45) is 0.632. The molecule has 2 aromatic heterocycles. The quantitative estimate of drug-likeness (QED) is 0.807. The summed E-state index contributed by atoms with van der Waals surface area (Å²) in [7, 11) is 0. The Kier molecular flexibility index (Phi) is 3.73. The number of nitrogens with two attached hydrogens (primary N) is 1. The van der Waals surface area contributed by atoms with Gasteiger partial charge in [-0.15, -0.1) is 0 Å². The van der Waals surface area contributed by atoms with Gasteiger partial charge in [0.05, 0.1) is 18.5 Å². The zero-order chi connectivity index (χ0) is 17.9. The largest absolute Gasteiger partial charge is 0.385 e. The van der Waals surface area contributed by atoms with E-state index in [1.807, 2.05) is 27.7 Å². The Morgan fingerprint density at radius 2 is 2.00 bits per heavy atom. The van der Waals surface area contributed by atoms with Crippen LogP contribution in [0.3, 0.4) is 0 Å². The number of nitrogen functional groups attached to an aromatic ring is 1. The van der Waals surface area contributed by atoms with Crippen molar-refractivity contribution in [2.24, 2.45) is 0 Å². The molecule has 0 bridgehead atoms. The van der Waals surface area contributed by atoms with E-state index in [1.54, 1.807) is 10.9 Å². The number of hydrogen-bond acceptors (Lipinski definition) is 8. The van der Waals surface area contributed by atoms with Crippen molar-refractivity contribution in [1.29, 1.82) is 0 Å². The van der Waals surface area contributed by atoms with Crippen LogP contribution in [0.15, 0.2) is 12.7 Å². The van der Waals surface area contributed by atoms with Gasteiger partial charge in [-0.25, -0.2) is 15.0 Å². The van der Waals surface area contributed by atoms with Gasteiger partial charge in [-0.05, 0) is 27.7 Å². The number of imidazole rings is 1. The third-order valence-electron chi connectivity index (χ3n) is 4.59. The van der Waals surface area contributed by atoms with Crippen molar-refractivity contribution in [1.82, 2.24) is 19.5 Å². The zero-order valence-corrected chi connectivity index (χ0v) is 14.7. The highest BCUT2D eigenvalue weighted by Gasteiger charge is 2.80. The normalized spacial score (nSPS) is 34.2. The molecule has 2 aromatic rings. The molecule has 1 unspecified atom stereocenters. The average molecular weight is 349 g/mol. The number of nitrogens with zero attached hydrogens (tertiary/aromatic N) is 4. The lowest BCUT2D eigenvalue weighted by Gasteiger charge is -2.28. The molecular weight excluding hydrogens is 326 g/mol. The van der Waals surface area contributed by atoms with E-state index in [-0.39, 0.29) is 30.2 Å². The van der Waals surface area contributed by atoms with E-state index < -0.39 is 17.9 Å². The fourth-order valence-corrected chi connectivity index (χ4v) is 3.64. The van der Waals surface area contributed by atoms with Crippen LogP contribution in [0, 0.1) is 0 Å². The molecule has 9 heteroatoms. The molecule has 4 rings (SSSR count). The first-order valence-electron chi connectivity index (χ1n) is 8.46. The number of rotatable bonds is 5. The monoisotopic (exact) mass is 349 g/mol. The van der Waals surface area contributed by atoms with Crippen LogP contribution < -0.4 is 5.73 Å². The van der Waals surface area contributed by atoms with E-state index in [2.05, 4.69) is 15.0 Å². The lowest BCUT2D eigenvalue weighted by molar-refractivity contribution is -0.144. The first-order chi connectivity index (χ1) is 11.9. The first-order valence-corrected chi connectivity index (χ1v) is 8.46. The lowest BCUT2D eigenvalue weighted by atomic mass is 10.1. The van der Waals surface area contributed by atoms with Crippen LogP contribution in [0.2, 0.25) is 0 Å². The predicted molar refractivity (Wildman–Crippen MR) is 88.6 cm³/mol. The Bertz CT molecular complexity index is 794. The Hall–Kier alpha value is -1.81. The molecule has 1 saturated heterocycles. The molecular formula is C16H23N5O4. The van der Waals surface area contributed by atoms with Crippen molar-refractivity contribution >= 4 is 17.0 Å². The van der Waals surface area contributed by atoms with E-state index in [0.29, 0.717) is 11.2 Å². The highest BCUT2D eigenvalue weighted by molar-refractivity contribution is 5.81. The molecule has 136 valence electrons. The van der Waals surface area contributed by atoms with Gasteiger partial charge in [-0.3, -0.25) is 4.57 Å².